The molecule has 0 unspecified atom stereocenters. The third kappa shape index (κ3) is 2.72. The minimum atomic E-state index is -0.305. The highest BCUT2D eigenvalue weighted by Gasteiger charge is 2.17. The van der Waals surface area contributed by atoms with Gasteiger partial charge >= 0.3 is 0 Å². The molecule has 2 rings (SSSR count). The van der Waals surface area contributed by atoms with E-state index < -0.39 is 0 Å². The van der Waals surface area contributed by atoms with E-state index in [-0.39, 0.29) is 11.7 Å². The topological polar surface area (TPSA) is 20.3 Å². The van der Waals surface area contributed by atoms with Crippen LogP contribution in [0.15, 0.2) is 48.6 Å². The number of halogens is 1. The first-order chi connectivity index (χ1) is 9.54. The quantitative estimate of drug-likeness (QED) is 0.769. The van der Waals surface area contributed by atoms with Gasteiger partial charge in [-0.25, -0.2) is 4.39 Å². The van der Waals surface area contributed by atoms with Crippen LogP contribution in [-0.4, -0.2) is 23.9 Å². The molecule has 104 valence electrons. The van der Waals surface area contributed by atoms with Crippen LogP contribution in [0.25, 0.3) is 10.8 Å². The van der Waals surface area contributed by atoms with Crippen molar-refractivity contribution in [3.05, 3.63) is 59.9 Å². The fraction of sp³-hybridized carbons (Fsp3) is 0.235. The predicted octanol–water partition coefficient (Wildman–Crippen LogP) is 4.02. The van der Waals surface area contributed by atoms with E-state index in [9.17, 15) is 9.18 Å². The van der Waals surface area contributed by atoms with Crippen molar-refractivity contribution in [2.75, 3.05) is 13.1 Å². The van der Waals surface area contributed by atoms with Gasteiger partial charge in [-0.2, -0.15) is 0 Å². The Balaban J connectivity index is 2.49. The maximum Gasteiger partial charge on any atom is 0.254 e. The molecule has 0 saturated heterocycles. The summed E-state index contributed by atoms with van der Waals surface area (Å²) in [7, 11) is 0. The van der Waals surface area contributed by atoms with Gasteiger partial charge in [-0.15, -0.1) is 0 Å². The molecule has 0 radical (unpaired) electrons. The lowest BCUT2D eigenvalue weighted by atomic mass is 10.0. The summed E-state index contributed by atoms with van der Waals surface area (Å²) < 4.78 is 13.8. The largest absolute Gasteiger partial charge is 0.335 e. The Bertz CT molecular complexity index is 663. The van der Waals surface area contributed by atoms with Crippen LogP contribution in [0.5, 0.6) is 0 Å². The van der Waals surface area contributed by atoms with Crippen LogP contribution in [0.3, 0.4) is 0 Å². The van der Waals surface area contributed by atoms with Gasteiger partial charge < -0.3 is 4.90 Å². The van der Waals surface area contributed by atoms with Gasteiger partial charge in [-0.3, -0.25) is 4.79 Å². The maximum absolute atomic E-state index is 13.8. The molecule has 2 aromatic carbocycles. The Morgan fingerprint density at radius 3 is 2.45 bits per heavy atom. The molecule has 0 aromatic heterocycles. The predicted molar refractivity (Wildman–Crippen MR) is 80.3 cm³/mol. The molecule has 3 heteroatoms. The molecule has 2 aromatic rings. The Morgan fingerprint density at radius 2 is 1.85 bits per heavy atom. The molecule has 0 atom stereocenters. The van der Waals surface area contributed by atoms with Crippen molar-refractivity contribution in [1.82, 2.24) is 4.90 Å². The Kier molecular flexibility index (Phi) is 4.18. The van der Waals surface area contributed by atoms with Crippen LogP contribution in [0, 0.1) is 5.82 Å². The lowest BCUT2D eigenvalue weighted by molar-refractivity contribution is 0.0780. The molecule has 0 saturated carbocycles. The van der Waals surface area contributed by atoms with E-state index >= 15 is 0 Å². The number of fused-ring (bicyclic) bond motifs is 1. The Labute approximate surface area is 118 Å². The van der Waals surface area contributed by atoms with Crippen LogP contribution in [-0.2, 0) is 0 Å². The number of benzene rings is 2. The van der Waals surface area contributed by atoms with Gasteiger partial charge in [0.15, 0.2) is 0 Å². The molecule has 0 fully saturated rings. The number of amides is 1. The zero-order valence-electron chi connectivity index (χ0n) is 11.8. The molecule has 20 heavy (non-hydrogen) atoms. The zero-order valence-corrected chi connectivity index (χ0v) is 11.8. The Morgan fingerprint density at radius 1 is 1.20 bits per heavy atom. The maximum atomic E-state index is 13.8. The minimum Gasteiger partial charge on any atom is -0.335 e. The highest BCUT2D eigenvalue weighted by Crippen LogP contribution is 2.23. The molecule has 0 N–H and O–H groups in total. The van der Waals surface area contributed by atoms with Gasteiger partial charge in [-0.1, -0.05) is 36.4 Å². The summed E-state index contributed by atoms with van der Waals surface area (Å²) in [5.41, 5.74) is 1.46. The van der Waals surface area contributed by atoms with Crippen molar-refractivity contribution in [1.29, 1.82) is 0 Å². The number of rotatable bonds is 4. The van der Waals surface area contributed by atoms with Crippen molar-refractivity contribution < 1.29 is 9.18 Å². The first-order valence-electron chi connectivity index (χ1n) is 6.65. The van der Waals surface area contributed by atoms with E-state index in [1.54, 1.807) is 29.2 Å². The van der Waals surface area contributed by atoms with Gasteiger partial charge in [0, 0.05) is 24.0 Å². The average molecular weight is 271 g/mol. The molecule has 0 heterocycles. The van der Waals surface area contributed by atoms with Crippen molar-refractivity contribution in [3.8, 4) is 0 Å². The number of nitrogens with zero attached hydrogens (tertiary/aromatic N) is 1. The number of likely N-dealkylation sites (N-methyl/N-ethyl adjacent to an activating group) is 1. The van der Waals surface area contributed by atoms with E-state index in [4.69, 9.17) is 0 Å². The minimum absolute atomic E-state index is 0.0910. The van der Waals surface area contributed by atoms with Crippen LogP contribution in [0.2, 0.25) is 0 Å². The molecule has 0 aliphatic rings. The number of hydrogen-bond acceptors (Lipinski definition) is 1. The van der Waals surface area contributed by atoms with E-state index in [2.05, 4.69) is 6.58 Å². The van der Waals surface area contributed by atoms with Gasteiger partial charge in [0.1, 0.15) is 5.82 Å². The van der Waals surface area contributed by atoms with Gasteiger partial charge in [0.05, 0.1) is 0 Å². The second-order valence-electron chi connectivity index (χ2n) is 4.92. The first-order valence-corrected chi connectivity index (χ1v) is 6.65. The lowest BCUT2D eigenvalue weighted by Gasteiger charge is -2.22. The number of carbonyl (C=O) groups is 1. The SMILES string of the molecule is C=C(C)CN(CC)C(=O)c1ccc(F)c2ccccc12. The fourth-order valence-electron chi connectivity index (χ4n) is 2.27. The zero-order chi connectivity index (χ0) is 14.7. The van der Waals surface area contributed by atoms with Gasteiger partial charge in [0.2, 0.25) is 0 Å². The Hall–Kier alpha value is -2.16. The second-order valence-corrected chi connectivity index (χ2v) is 4.92. The van der Waals surface area contributed by atoms with Crippen molar-refractivity contribution in [3.63, 3.8) is 0 Å². The lowest BCUT2D eigenvalue weighted by Crippen LogP contribution is -2.32. The summed E-state index contributed by atoms with van der Waals surface area (Å²) in [5, 5.41) is 1.13. The van der Waals surface area contributed by atoms with E-state index in [1.165, 1.54) is 6.07 Å². The standard InChI is InChI=1S/C17H18FNO/c1-4-19(11-12(2)3)17(20)15-9-10-16(18)14-8-6-5-7-13(14)15/h5-10H,2,4,11H2,1,3H3. The number of hydrogen-bond donors (Lipinski definition) is 0. The molecular formula is C17H18FNO. The van der Waals surface area contributed by atoms with E-state index in [1.807, 2.05) is 19.9 Å². The molecule has 1 amide bonds. The molecule has 0 bridgehead atoms. The third-order valence-corrected chi connectivity index (χ3v) is 3.23. The smallest absolute Gasteiger partial charge is 0.254 e. The van der Waals surface area contributed by atoms with E-state index in [0.29, 0.717) is 29.4 Å². The molecule has 0 spiro atoms. The van der Waals surface area contributed by atoms with Crippen LogP contribution >= 0.6 is 0 Å². The first kappa shape index (κ1) is 14.3. The highest BCUT2D eigenvalue weighted by atomic mass is 19.1. The van der Waals surface area contributed by atoms with Crippen molar-refractivity contribution >= 4 is 16.7 Å². The van der Waals surface area contributed by atoms with Crippen molar-refractivity contribution in [2.24, 2.45) is 0 Å². The fourth-order valence-corrected chi connectivity index (χ4v) is 2.27. The summed E-state index contributed by atoms with van der Waals surface area (Å²) in [4.78, 5) is 14.3. The average Bonchev–Trinajstić information content (AvgIpc) is 2.44. The summed E-state index contributed by atoms with van der Waals surface area (Å²) >= 11 is 0. The summed E-state index contributed by atoms with van der Waals surface area (Å²) in [6.07, 6.45) is 0. The summed E-state index contributed by atoms with van der Waals surface area (Å²) in [6, 6.07) is 9.96. The summed E-state index contributed by atoms with van der Waals surface area (Å²) in [6.45, 7) is 8.76. The monoisotopic (exact) mass is 271 g/mol. The molecule has 0 aliphatic carbocycles. The van der Waals surface area contributed by atoms with Gasteiger partial charge in [-0.05, 0) is 31.4 Å². The second kappa shape index (κ2) is 5.87. The number of carbonyl (C=O) groups excluding carboxylic acids is 1. The molecule has 2 nitrogen and oxygen atoms in total. The summed E-state index contributed by atoms with van der Waals surface area (Å²) in [5.74, 6) is -0.396. The molecule has 0 aliphatic heterocycles. The van der Waals surface area contributed by atoms with Crippen molar-refractivity contribution in [2.45, 2.75) is 13.8 Å². The third-order valence-electron chi connectivity index (χ3n) is 3.23. The van der Waals surface area contributed by atoms with Gasteiger partial charge in [0.25, 0.3) is 5.91 Å². The molecular weight excluding hydrogens is 253 g/mol. The highest BCUT2D eigenvalue weighted by molar-refractivity contribution is 6.07. The van der Waals surface area contributed by atoms with E-state index in [0.717, 1.165) is 5.57 Å². The van der Waals surface area contributed by atoms with Crippen LogP contribution < -0.4 is 0 Å². The van der Waals surface area contributed by atoms with Crippen LogP contribution in [0.4, 0.5) is 4.39 Å². The van der Waals surface area contributed by atoms with Crippen LogP contribution in [0.1, 0.15) is 24.2 Å². The normalized spacial score (nSPS) is 10.6.